The minimum Gasteiger partial charge on any atom is -0.497 e. The highest BCUT2D eigenvalue weighted by atomic mass is 32.2. The van der Waals surface area contributed by atoms with Gasteiger partial charge in [-0.3, -0.25) is 4.79 Å². The zero-order chi connectivity index (χ0) is 19.4. The Bertz CT molecular complexity index is 898. The van der Waals surface area contributed by atoms with E-state index in [1.165, 1.54) is 17.2 Å². The molecule has 0 unspecified atom stereocenters. The Labute approximate surface area is 159 Å². The molecule has 0 radical (unpaired) electrons. The van der Waals surface area contributed by atoms with Crippen molar-refractivity contribution in [3.05, 3.63) is 30.5 Å². The summed E-state index contributed by atoms with van der Waals surface area (Å²) in [5.41, 5.74) is 1.47. The van der Waals surface area contributed by atoms with Crippen LogP contribution in [0.2, 0.25) is 0 Å². The second kappa shape index (κ2) is 8.12. The number of carbonyl (C=O) groups excluding carboxylic acids is 1. The number of hydrogen-bond acceptors (Lipinski definition) is 5. The molecule has 0 aliphatic heterocycles. The first-order chi connectivity index (χ1) is 12.9. The zero-order valence-electron chi connectivity index (χ0n) is 15.6. The maximum absolute atomic E-state index is 12.7. The summed E-state index contributed by atoms with van der Waals surface area (Å²) < 4.78 is 32.0. The van der Waals surface area contributed by atoms with Gasteiger partial charge in [-0.05, 0) is 37.1 Å². The maximum Gasteiger partial charge on any atom is 0.235 e. The summed E-state index contributed by atoms with van der Waals surface area (Å²) in [6, 6.07) is 7.35. The maximum atomic E-state index is 12.7. The summed E-state index contributed by atoms with van der Waals surface area (Å²) in [6.07, 6.45) is 6.65. The van der Waals surface area contributed by atoms with Crippen LogP contribution in [0.1, 0.15) is 32.1 Å². The molecule has 1 amide bonds. The average Bonchev–Trinajstić information content (AvgIpc) is 3.04. The van der Waals surface area contributed by atoms with Crippen molar-refractivity contribution in [1.82, 2.24) is 14.9 Å². The van der Waals surface area contributed by atoms with Crippen LogP contribution < -0.4 is 10.1 Å². The number of carbonyl (C=O) groups is 1. The van der Waals surface area contributed by atoms with E-state index in [2.05, 4.69) is 10.3 Å². The number of sulfone groups is 1. The molecule has 3 rings (SSSR count). The van der Waals surface area contributed by atoms with Crippen LogP contribution >= 0.6 is 0 Å². The Morgan fingerprint density at radius 3 is 2.52 bits per heavy atom. The van der Waals surface area contributed by atoms with E-state index in [4.69, 9.17) is 4.74 Å². The predicted molar refractivity (Wildman–Crippen MR) is 102 cm³/mol. The predicted octanol–water partition coefficient (Wildman–Crippen LogP) is 2.32. The van der Waals surface area contributed by atoms with Gasteiger partial charge in [-0.15, -0.1) is 0 Å². The molecule has 146 valence electrons. The Balaban J connectivity index is 1.74. The lowest BCUT2D eigenvalue weighted by Crippen LogP contribution is -2.39. The molecule has 1 aromatic carbocycles. The molecule has 0 spiro atoms. The molecule has 0 saturated heterocycles. The Kier molecular flexibility index (Phi) is 5.84. The van der Waals surface area contributed by atoms with Crippen LogP contribution in [0, 0.1) is 0 Å². The van der Waals surface area contributed by atoms with Gasteiger partial charge in [0.25, 0.3) is 0 Å². The largest absolute Gasteiger partial charge is 0.497 e. The SMILES string of the molecule is COc1ccc(-c2cnc(S(=O)(=O)CC(=O)NC3CCCCC3)n2C)cc1. The van der Waals surface area contributed by atoms with Crippen LogP contribution in [0.25, 0.3) is 11.3 Å². The van der Waals surface area contributed by atoms with E-state index in [9.17, 15) is 13.2 Å². The second-order valence-corrected chi connectivity index (χ2v) is 8.76. The van der Waals surface area contributed by atoms with Gasteiger partial charge >= 0.3 is 0 Å². The second-order valence-electron chi connectivity index (χ2n) is 6.88. The lowest BCUT2D eigenvalue weighted by atomic mass is 9.95. The first-order valence-electron chi connectivity index (χ1n) is 9.09. The first kappa shape index (κ1) is 19.4. The van der Waals surface area contributed by atoms with Crippen molar-refractivity contribution in [3.8, 4) is 17.0 Å². The summed E-state index contributed by atoms with van der Waals surface area (Å²) in [4.78, 5) is 16.3. The van der Waals surface area contributed by atoms with E-state index in [0.717, 1.165) is 31.2 Å². The summed E-state index contributed by atoms with van der Waals surface area (Å²) in [6.45, 7) is 0. The highest BCUT2D eigenvalue weighted by molar-refractivity contribution is 7.92. The molecular weight excluding hydrogens is 366 g/mol. The van der Waals surface area contributed by atoms with Gasteiger partial charge in [0.1, 0.15) is 11.5 Å². The molecular formula is C19H25N3O4S. The fraction of sp³-hybridized carbons (Fsp3) is 0.474. The number of imidazole rings is 1. The lowest BCUT2D eigenvalue weighted by Gasteiger charge is -2.22. The summed E-state index contributed by atoms with van der Waals surface area (Å²) in [7, 11) is -0.603. The molecule has 1 N–H and O–H groups in total. The van der Waals surface area contributed by atoms with Gasteiger partial charge in [0.05, 0.1) is 19.0 Å². The number of ether oxygens (including phenoxy) is 1. The Morgan fingerprint density at radius 1 is 1.22 bits per heavy atom. The monoisotopic (exact) mass is 391 g/mol. The number of amides is 1. The van der Waals surface area contributed by atoms with E-state index < -0.39 is 21.5 Å². The number of benzene rings is 1. The first-order valence-corrected chi connectivity index (χ1v) is 10.7. The van der Waals surface area contributed by atoms with Gasteiger partial charge in [0.15, 0.2) is 0 Å². The average molecular weight is 391 g/mol. The topological polar surface area (TPSA) is 90.3 Å². The van der Waals surface area contributed by atoms with E-state index in [0.29, 0.717) is 11.4 Å². The third-order valence-corrected chi connectivity index (χ3v) is 6.48. The molecule has 0 bridgehead atoms. The van der Waals surface area contributed by atoms with Gasteiger partial charge in [0, 0.05) is 18.7 Å². The number of aromatic nitrogens is 2. The molecule has 1 heterocycles. The summed E-state index contributed by atoms with van der Waals surface area (Å²) in [5.74, 6) is -0.333. The van der Waals surface area contributed by atoms with Gasteiger partial charge in [-0.1, -0.05) is 19.3 Å². The fourth-order valence-electron chi connectivity index (χ4n) is 3.46. The van der Waals surface area contributed by atoms with Crippen molar-refractivity contribution in [2.75, 3.05) is 12.9 Å². The quantitative estimate of drug-likeness (QED) is 0.816. The third-order valence-electron chi connectivity index (χ3n) is 4.90. The highest BCUT2D eigenvalue weighted by Gasteiger charge is 2.27. The Morgan fingerprint density at radius 2 is 1.89 bits per heavy atom. The van der Waals surface area contributed by atoms with Crippen LogP contribution in [-0.4, -0.2) is 42.8 Å². The van der Waals surface area contributed by atoms with Gasteiger partial charge in [-0.25, -0.2) is 13.4 Å². The van der Waals surface area contributed by atoms with E-state index >= 15 is 0 Å². The summed E-state index contributed by atoms with van der Waals surface area (Å²) in [5, 5.41) is 2.74. The van der Waals surface area contributed by atoms with Crippen molar-refractivity contribution in [2.24, 2.45) is 7.05 Å². The Hall–Kier alpha value is -2.35. The van der Waals surface area contributed by atoms with Crippen LogP contribution in [0.15, 0.2) is 35.6 Å². The number of nitrogens with one attached hydrogen (secondary N) is 1. The van der Waals surface area contributed by atoms with E-state index in [1.807, 2.05) is 12.1 Å². The summed E-state index contributed by atoms with van der Waals surface area (Å²) >= 11 is 0. The van der Waals surface area contributed by atoms with Gasteiger partial charge in [0.2, 0.25) is 20.9 Å². The van der Waals surface area contributed by atoms with Gasteiger partial charge < -0.3 is 14.6 Å². The minimum absolute atomic E-state index is 0.0812. The fourth-order valence-corrected chi connectivity index (χ4v) is 4.75. The lowest BCUT2D eigenvalue weighted by molar-refractivity contribution is -0.119. The van der Waals surface area contributed by atoms with Crippen LogP contribution in [-0.2, 0) is 21.7 Å². The van der Waals surface area contributed by atoms with E-state index in [-0.39, 0.29) is 11.2 Å². The normalized spacial score (nSPS) is 15.5. The zero-order valence-corrected chi connectivity index (χ0v) is 16.5. The molecule has 8 heteroatoms. The van der Waals surface area contributed by atoms with Crippen molar-refractivity contribution in [1.29, 1.82) is 0 Å². The molecule has 7 nitrogen and oxygen atoms in total. The smallest absolute Gasteiger partial charge is 0.235 e. The number of rotatable bonds is 6. The van der Waals surface area contributed by atoms with Crippen molar-refractivity contribution in [3.63, 3.8) is 0 Å². The minimum atomic E-state index is -3.83. The molecule has 1 saturated carbocycles. The van der Waals surface area contributed by atoms with Crippen LogP contribution in [0.5, 0.6) is 5.75 Å². The van der Waals surface area contributed by atoms with Crippen molar-refractivity contribution < 1.29 is 17.9 Å². The van der Waals surface area contributed by atoms with Gasteiger partial charge in [-0.2, -0.15) is 0 Å². The number of nitrogens with zero attached hydrogens (tertiary/aromatic N) is 2. The number of hydrogen-bond donors (Lipinski definition) is 1. The molecule has 2 aromatic rings. The van der Waals surface area contributed by atoms with E-state index in [1.54, 1.807) is 26.3 Å². The van der Waals surface area contributed by atoms with Crippen molar-refractivity contribution in [2.45, 2.75) is 43.3 Å². The molecule has 1 aromatic heterocycles. The van der Waals surface area contributed by atoms with Crippen LogP contribution in [0.3, 0.4) is 0 Å². The molecule has 0 atom stereocenters. The molecule has 1 aliphatic rings. The molecule has 1 aliphatic carbocycles. The molecule has 27 heavy (non-hydrogen) atoms. The molecule has 1 fully saturated rings. The standard InChI is InChI=1S/C19H25N3O4S/c1-22-17(14-8-10-16(26-2)11-9-14)12-20-19(22)27(24,25)13-18(23)21-15-6-4-3-5-7-15/h8-12,15H,3-7,13H2,1-2H3,(H,21,23). The van der Waals surface area contributed by atoms with Crippen molar-refractivity contribution >= 4 is 15.7 Å². The van der Waals surface area contributed by atoms with Crippen LogP contribution in [0.4, 0.5) is 0 Å². The third kappa shape index (κ3) is 4.50. The number of methoxy groups -OCH3 is 1. The highest BCUT2D eigenvalue weighted by Crippen LogP contribution is 2.24.